The molecule has 124 valence electrons. The van der Waals surface area contributed by atoms with E-state index in [4.69, 9.17) is 5.73 Å². The first-order valence-electron chi connectivity index (χ1n) is 8.12. The van der Waals surface area contributed by atoms with Gasteiger partial charge >= 0.3 is 0 Å². The highest BCUT2D eigenvalue weighted by Gasteiger charge is 2.10. The fraction of sp³-hybridized carbons (Fsp3) is 0.105. The van der Waals surface area contributed by atoms with Crippen LogP contribution in [0, 0.1) is 0 Å². The lowest BCUT2D eigenvalue weighted by Crippen LogP contribution is -2.08. The molecule has 0 atom stereocenters. The number of pyridine rings is 1. The molecule has 25 heavy (non-hydrogen) atoms. The largest absolute Gasteiger partial charge is 0.399 e. The Labute approximate surface area is 145 Å². The minimum Gasteiger partial charge on any atom is -0.399 e. The second-order valence-electron chi connectivity index (χ2n) is 5.77. The van der Waals surface area contributed by atoms with Gasteiger partial charge in [0.15, 0.2) is 11.5 Å². The molecule has 0 amide bonds. The van der Waals surface area contributed by atoms with E-state index >= 15 is 0 Å². The molecule has 4 aromatic rings. The highest BCUT2D eigenvalue weighted by Crippen LogP contribution is 2.24. The number of aromatic nitrogens is 4. The fourth-order valence-corrected chi connectivity index (χ4v) is 2.83. The second kappa shape index (κ2) is 6.60. The fourth-order valence-electron chi connectivity index (χ4n) is 2.83. The van der Waals surface area contributed by atoms with Gasteiger partial charge in [-0.2, -0.15) is 0 Å². The van der Waals surface area contributed by atoms with Gasteiger partial charge < -0.3 is 11.1 Å². The summed E-state index contributed by atoms with van der Waals surface area (Å²) in [6, 6.07) is 11.8. The highest BCUT2D eigenvalue weighted by atomic mass is 15.1. The van der Waals surface area contributed by atoms with Crippen molar-refractivity contribution in [3.05, 3.63) is 72.9 Å². The summed E-state index contributed by atoms with van der Waals surface area (Å²) in [6.07, 6.45) is 10.0. The Morgan fingerprint density at radius 3 is 2.76 bits per heavy atom. The van der Waals surface area contributed by atoms with Crippen LogP contribution in [0.4, 0.5) is 11.5 Å². The van der Waals surface area contributed by atoms with Gasteiger partial charge in [0.05, 0.1) is 11.9 Å². The van der Waals surface area contributed by atoms with Gasteiger partial charge in [-0.1, -0.05) is 12.1 Å². The summed E-state index contributed by atoms with van der Waals surface area (Å²) in [5.41, 5.74) is 10.7. The molecule has 0 bridgehead atoms. The highest BCUT2D eigenvalue weighted by molar-refractivity contribution is 5.72. The zero-order valence-corrected chi connectivity index (χ0v) is 13.6. The molecule has 0 aliphatic carbocycles. The first kappa shape index (κ1) is 15.1. The van der Waals surface area contributed by atoms with Crippen LogP contribution in [0.15, 0.2) is 67.4 Å². The molecule has 0 fully saturated rings. The Morgan fingerprint density at radius 2 is 1.92 bits per heavy atom. The van der Waals surface area contributed by atoms with Crippen LogP contribution in [-0.2, 0) is 6.42 Å². The number of nitrogens with zero attached hydrogens (tertiary/aromatic N) is 4. The first-order chi connectivity index (χ1) is 12.3. The van der Waals surface area contributed by atoms with E-state index in [1.807, 2.05) is 53.2 Å². The van der Waals surface area contributed by atoms with Crippen LogP contribution in [0.5, 0.6) is 0 Å². The minimum atomic E-state index is 0.734. The van der Waals surface area contributed by atoms with Crippen LogP contribution >= 0.6 is 0 Å². The average Bonchev–Trinajstić information content (AvgIpc) is 3.08. The van der Waals surface area contributed by atoms with Gasteiger partial charge in [0.2, 0.25) is 0 Å². The van der Waals surface area contributed by atoms with Crippen molar-refractivity contribution < 1.29 is 0 Å². The molecule has 6 heteroatoms. The van der Waals surface area contributed by atoms with Crippen molar-refractivity contribution in [1.29, 1.82) is 0 Å². The predicted molar refractivity (Wildman–Crippen MR) is 99.3 cm³/mol. The van der Waals surface area contributed by atoms with Gasteiger partial charge in [-0.15, -0.1) is 0 Å². The quantitative estimate of drug-likeness (QED) is 0.550. The number of nitrogens with one attached hydrogen (secondary N) is 1. The average molecular weight is 330 g/mol. The Balaban J connectivity index is 1.59. The summed E-state index contributed by atoms with van der Waals surface area (Å²) in [7, 11) is 0. The smallest absolute Gasteiger partial charge is 0.180 e. The molecule has 3 heterocycles. The topological polar surface area (TPSA) is 81.1 Å². The van der Waals surface area contributed by atoms with Crippen molar-refractivity contribution >= 4 is 17.2 Å². The number of nitrogen functional groups attached to an aromatic ring is 1. The van der Waals surface area contributed by atoms with E-state index in [2.05, 4.69) is 20.3 Å². The molecule has 0 aliphatic heterocycles. The maximum atomic E-state index is 5.90. The van der Waals surface area contributed by atoms with Gasteiger partial charge in [-0.05, 0) is 36.2 Å². The molecule has 0 radical (unpaired) electrons. The first-order valence-corrected chi connectivity index (χ1v) is 8.12. The Bertz CT molecular complexity index is 993. The lowest BCUT2D eigenvalue weighted by atomic mass is 10.1. The Hall–Kier alpha value is -3.41. The molecule has 0 unspecified atom stereocenters. The normalized spacial score (nSPS) is 10.9. The number of anilines is 2. The van der Waals surface area contributed by atoms with Crippen LogP contribution in [0.2, 0.25) is 0 Å². The van der Waals surface area contributed by atoms with E-state index in [-0.39, 0.29) is 0 Å². The number of imidazole rings is 1. The van der Waals surface area contributed by atoms with E-state index in [1.165, 1.54) is 5.56 Å². The molecular formula is C19H18N6. The number of fused-ring (bicyclic) bond motifs is 1. The number of benzene rings is 1. The molecule has 0 saturated heterocycles. The number of nitrogens with two attached hydrogens (primary N) is 1. The van der Waals surface area contributed by atoms with Crippen molar-refractivity contribution in [2.75, 3.05) is 17.6 Å². The molecule has 1 aromatic carbocycles. The summed E-state index contributed by atoms with van der Waals surface area (Å²) in [6.45, 7) is 0.775. The molecule has 4 rings (SSSR count). The van der Waals surface area contributed by atoms with E-state index < -0.39 is 0 Å². The third-order valence-corrected chi connectivity index (χ3v) is 4.07. The standard InChI is InChI=1S/C19H18N6/c20-16-3-1-2-15(12-16)17-13-24-19-18(23-10-11-25(17)19)22-9-6-14-4-7-21-8-5-14/h1-5,7-8,10-13H,6,9,20H2,(H,22,23). The monoisotopic (exact) mass is 330 g/mol. The van der Waals surface area contributed by atoms with Gasteiger partial charge in [-0.3, -0.25) is 9.38 Å². The van der Waals surface area contributed by atoms with Crippen molar-refractivity contribution in [2.24, 2.45) is 0 Å². The molecule has 6 nitrogen and oxygen atoms in total. The molecule has 0 saturated carbocycles. The molecule has 3 aromatic heterocycles. The van der Waals surface area contributed by atoms with E-state index in [1.54, 1.807) is 18.6 Å². The lowest BCUT2D eigenvalue weighted by Gasteiger charge is -2.08. The Kier molecular flexibility index (Phi) is 4.00. The third kappa shape index (κ3) is 3.14. The van der Waals surface area contributed by atoms with Gasteiger partial charge in [0, 0.05) is 42.6 Å². The summed E-state index contributed by atoms with van der Waals surface area (Å²) in [5.74, 6) is 0.770. The number of rotatable bonds is 5. The van der Waals surface area contributed by atoms with Crippen molar-refractivity contribution in [3.63, 3.8) is 0 Å². The van der Waals surface area contributed by atoms with E-state index in [0.29, 0.717) is 0 Å². The summed E-state index contributed by atoms with van der Waals surface area (Å²) < 4.78 is 2.02. The molecule has 0 aliphatic rings. The van der Waals surface area contributed by atoms with E-state index in [9.17, 15) is 0 Å². The van der Waals surface area contributed by atoms with Crippen molar-refractivity contribution in [2.45, 2.75) is 6.42 Å². The molecule has 0 spiro atoms. The van der Waals surface area contributed by atoms with Crippen LogP contribution in [0.3, 0.4) is 0 Å². The Morgan fingerprint density at radius 1 is 1.04 bits per heavy atom. The van der Waals surface area contributed by atoms with Crippen LogP contribution in [0.25, 0.3) is 16.9 Å². The van der Waals surface area contributed by atoms with Gasteiger partial charge in [0.25, 0.3) is 0 Å². The zero-order valence-electron chi connectivity index (χ0n) is 13.6. The summed E-state index contributed by atoms with van der Waals surface area (Å²) in [4.78, 5) is 13.0. The lowest BCUT2D eigenvalue weighted by molar-refractivity contribution is 0.993. The molecular weight excluding hydrogens is 312 g/mol. The second-order valence-corrected chi connectivity index (χ2v) is 5.77. The minimum absolute atomic E-state index is 0.734. The predicted octanol–water partition coefficient (Wildman–Crippen LogP) is 3.03. The number of hydrogen-bond donors (Lipinski definition) is 2. The zero-order chi connectivity index (χ0) is 17.1. The van der Waals surface area contributed by atoms with Crippen LogP contribution < -0.4 is 11.1 Å². The van der Waals surface area contributed by atoms with Crippen molar-refractivity contribution in [3.8, 4) is 11.3 Å². The van der Waals surface area contributed by atoms with Crippen LogP contribution in [0.1, 0.15) is 5.56 Å². The van der Waals surface area contributed by atoms with E-state index in [0.717, 1.165) is 41.4 Å². The SMILES string of the molecule is Nc1cccc(-c2cnc3c(NCCc4ccncc4)nccn23)c1. The van der Waals surface area contributed by atoms with Crippen LogP contribution in [-0.4, -0.2) is 25.9 Å². The van der Waals surface area contributed by atoms with Gasteiger partial charge in [0.1, 0.15) is 0 Å². The number of hydrogen-bond acceptors (Lipinski definition) is 5. The maximum Gasteiger partial charge on any atom is 0.180 e. The summed E-state index contributed by atoms with van der Waals surface area (Å²) in [5, 5.41) is 3.37. The summed E-state index contributed by atoms with van der Waals surface area (Å²) >= 11 is 0. The third-order valence-electron chi connectivity index (χ3n) is 4.07. The van der Waals surface area contributed by atoms with Crippen molar-refractivity contribution in [1.82, 2.24) is 19.4 Å². The molecule has 3 N–H and O–H groups in total. The maximum absolute atomic E-state index is 5.90. The van der Waals surface area contributed by atoms with Gasteiger partial charge in [-0.25, -0.2) is 9.97 Å².